The molecule has 0 saturated carbocycles. The van der Waals surface area contributed by atoms with Crippen molar-refractivity contribution in [3.8, 4) is 0 Å². The third-order valence-corrected chi connectivity index (χ3v) is 4.38. The van der Waals surface area contributed by atoms with Crippen molar-refractivity contribution in [1.82, 2.24) is 9.55 Å². The summed E-state index contributed by atoms with van der Waals surface area (Å²) in [5.41, 5.74) is 3.19. The van der Waals surface area contributed by atoms with Gasteiger partial charge in [-0.25, -0.2) is 4.98 Å². The number of anilines is 2. The SMILES string of the molecule is O=C(Cn1cnc2ccccc21)Nc1ccccc1N1CCCC1=O. The Morgan fingerprint density at radius 1 is 1.12 bits per heavy atom. The zero-order chi connectivity index (χ0) is 17.2. The molecule has 1 aliphatic heterocycles. The van der Waals surface area contributed by atoms with Crippen molar-refractivity contribution in [2.24, 2.45) is 0 Å². The van der Waals surface area contributed by atoms with Gasteiger partial charge in [0.2, 0.25) is 11.8 Å². The molecule has 1 aliphatic rings. The molecule has 0 aliphatic carbocycles. The van der Waals surface area contributed by atoms with Gasteiger partial charge in [-0.2, -0.15) is 0 Å². The average Bonchev–Trinajstić information content (AvgIpc) is 3.22. The fraction of sp³-hybridized carbons (Fsp3) is 0.211. The Bertz CT molecular complexity index is 947. The molecule has 1 saturated heterocycles. The second kappa shape index (κ2) is 6.39. The van der Waals surface area contributed by atoms with Gasteiger partial charge in [0.1, 0.15) is 6.54 Å². The number of amides is 2. The summed E-state index contributed by atoms with van der Waals surface area (Å²) in [7, 11) is 0. The Kier molecular flexibility index (Phi) is 3.93. The number of benzene rings is 2. The first-order chi connectivity index (χ1) is 12.2. The van der Waals surface area contributed by atoms with Gasteiger partial charge in [0.05, 0.1) is 28.7 Å². The number of nitrogens with zero attached hydrogens (tertiary/aromatic N) is 3. The van der Waals surface area contributed by atoms with Crippen molar-refractivity contribution in [1.29, 1.82) is 0 Å². The number of carbonyl (C=O) groups is 2. The Labute approximate surface area is 145 Å². The van der Waals surface area contributed by atoms with Gasteiger partial charge in [-0.3, -0.25) is 9.59 Å². The molecule has 2 amide bonds. The molecule has 6 nitrogen and oxygen atoms in total. The van der Waals surface area contributed by atoms with E-state index in [1.54, 1.807) is 11.2 Å². The van der Waals surface area contributed by atoms with E-state index in [-0.39, 0.29) is 18.4 Å². The number of fused-ring (bicyclic) bond motifs is 1. The van der Waals surface area contributed by atoms with Gasteiger partial charge in [-0.1, -0.05) is 24.3 Å². The molecule has 4 rings (SSSR count). The average molecular weight is 334 g/mol. The lowest BCUT2D eigenvalue weighted by Gasteiger charge is -2.20. The predicted octanol–water partition coefficient (Wildman–Crippen LogP) is 2.80. The van der Waals surface area contributed by atoms with Crippen LogP contribution in [0.1, 0.15) is 12.8 Å². The van der Waals surface area contributed by atoms with Crippen LogP contribution in [0.5, 0.6) is 0 Å². The molecule has 0 radical (unpaired) electrons. The number of hydrogen-bond acceptors (Lipinski definition) is 3. The van der Waals surface area contributed by atoms with Crippen LogP contribution in [0.15, 0.2) is 54.9 Å². The summed E-state index contributed by atoms with van der Waals surface area (Å²) in [6.45, 7) is 0.862. The van der Waals surface area contributed by atoms with Crippen molar-refractivity contribution >= 4 is 34.2 Å². The van der Waals surface area contributed by atoms with E-state index >= 15 is 0 Å². The monoisotopic (exact) mass is 334 g/mol. The lowest BCUT2D eigenvalue weighted by atomic mass is 10.2. The first kappa shape index (κ1) is 15.4. The quantitative estimate of drug-likeness (QED) is 0.798. The Hall–Kier alpha value is -3.15. The molecule has 2 aromatic carbocycles. The molecule has 0 spiro atoms. The van der Waals surface area contributed by atoms with Crippen LogP contribution in [0.3, 0.4) is 0 Å². The second-order valence-corrected chi connectivity index (χ2v) is 6.08. The molecule has 25 heavy (non-hydrogen) atoms. The molecule has 1 N–H and O–H groups in total. The molecule has 0 unspecified atom stereocenters. The number of nitrogens with one attached hydrogen (secondary N) is 1. The highest BCUT2D eigenvalue weighted by molar-refractivity contribution is 6.02. The Morgan fingerprint density at radius 3 is 2.76 bits per heavy atom. The molecule has 0 atom stereocenters. The standard InChI is InChI=1S/C19H18N4O2/c24-18(12-22-13-20-14-6-1-3-8-16(14)22)21-15-7-2-4-9-17(15)23-11-5-10-19(23)25/h1-4,6-9,13H,5,10-12H2,(H,21,24). The van der Waals surface area contributed by atoms with Crippen LogP contribution in [0.2, 0.25) is 0 Å². The summed E-state index contributed by atoms with van der Waals surface area (Å²) in [6.07, 6.45) is 3.07. The van der Waals surface area contributed by atoms with Gasteiger partial charge in [0.25, 0.3) is 0 Å². The van der Waals surface area contributed by atoms with Crippen molar-refractivity contribution < 1.29 is 9.59 Å². The van der Waals surface area contributed by atoms with Crippen LogP contribution in [-0.4, -0.2) is 27.9 Å². The summed E-state index contributed by atoms with van der Waals surface area (Å²) in [5.74, 6) is -0.0513. The molecule has 1 aromatic heterocycles. The number of carbonyl (C=O) groups excluding carboxylic acids is 2. The summed E-state index contributed by atoms with van der Waals surface area (Å²) in [5, 5.41) is 2.93. The normalized spacial score (nSPS) is 14.2. The van der Waals surface area contributed by atoms with Crippen molar-refractivity contribution in [3.05, 3.63) is 54.9 Å². The largest absolute Gasteiger partial charge is 0.323 e. The van der Waals surface area contributed by atoms with Gasteiger partial charge < -0.3 is 14.8 Å². The van der Waals surface area contributed by atoms with E-state index in [1.807, 2.05) is 53.1 Å². The molecule has 3 aromatic rings. The minimum Gasteiger partial charge on any atom is -0.323 e. The zero-order valence-electron chi connectivity index (χ0n) is 13.7. The second-order valence-electron chi connectivity index (χ2n) is 6.08. The molecule has 126 valence electrons. The van der Waals surface area contributed by atoms with E-state index in [0.29, 0.717) is 18.7 Å². The maximum absolute atomic E-state index is 12.5. The van der Waals surface area contributed by atoms with Gasteiger partial charge in [0.15, 0.2) is 0 Å². The smallest absolute Gasteiger partial charge is 0.244 e. The number of aromatic nitrogens is 2. The maximum atomic E-state index is 12.5. The summed E-state index contributed by atoms with van der Waals surface area (Å²) in [6, 6.07) is 15.1. The van der Waals surface area contributed by atoms with Crippen LogP contribution >= 0.6 is 0 Å². The van der Waals surface area contributed by atoms with Gasteiger partial charge in [0, 0.05) is 13.0 Å². The minimum atomic E-state index is -0.151. The molecular formula is C19H18N4O2. The van der Waals surface area contributed by atoms with E-state index in [0.717, 1.165) is 23.1 Å². The van der Waals surface area contributed by atoms with Crippen molar-refractivity contribution in [3.63, 3.8) is 0 Å². The van der Waals surface area contributed by atoms with Crippen LogP contribution in [-0.2, 0) is 16.1 Å². The summed E-state index contributed by atoms with van der Waals surface area (Å²) in [4.78, 5) is 30.6. The zero-order valence-corrected chi connectivity index (χ0v) is 13.7. The van der Waals surface area contributed by atoms with E-state index in [9.17, 15) is 9.59 Å². The number of imidazole rings is 1. The van der Waals surface area contributed by atoms with Crippen LogP contribution < -0.4 is 10.2 Å². The van der Waals surface area contributed by atoms with Gasteiger partial charge in [-0.15, -0.1) is 0 Å². The summed E-state index contributed by atoms with van der Waals surface area (Å²) < 4.78 is 1.81. The highest BCUT2D eigenvalue weighted by Gasteiger charge is 2.24. The predicted molar refractivity (Wildman–Crippen MR) is 96.4 cm³/mol. The Balaban J connectivity index is 1.54. The lowest BCUT2D eigenvalue weighted by Crippen LogP contribution is -2.26. The molecule has 6 heteroatoms. The maximum Gasteiger partial charge on any atom is 0.244 e. The van der Waals surface area contributed by atoms with E-state index in [2.05, 4.69) is 10.3 Å². The van der Waals surface area contributed by atoms with Crippen LogP contribution in [0.25, 0.3) is 11.0 Å². The summed E-state index contributed by atoms with van der Waals surface area (Å²) >= 11 is 0. The van der Waals surface area contributed by atoms with Crippen LogP contribution in [0.4, 0.5) is 11.4 Å². The molecule has 2 heterocycles. The van der Waals surface area contributed by atoms with Gasteiger partial charge in [-0.05, 0) is 30.7 Å². The fourth-order valence-corrected chi connectivity index (χ4v) is 3.20. The van der Waals surface area contributed by atoms with E-state index < -0.39 is 0 Å². The Morgan fingerprint density at radius 2 is 1.92 bits per heavy atom. The number of rotatable bonds is 4. The number of hydrogen-bond donors (Lipinski definition) is 1. The van der Waals surface area contributed by atoms with Crippen molar-refractivity contribution in [2.75, 3.05) is 16.8 Å². The van der Waals surface area contributed by atoms with E-state index in [1.165, 1.54) is 0 Å². The third-order valence-electron chi connectivity index (χ3n) is 4.38. The van der Waals surface area contributed by atoms with E-state index in [4.69, 9.17) is 0 Å². The minimum absolute atomic E-state index is 0.0994. The first-order valence-corrected chi connectivity index (χ1v) is 8.31. The fourth-order valence-electron chi connectivity index (χ4n) is 3.20. The van der Waals surface area contributed by atoms with Crippen molar-refractivity contribution in [2.45, 2.75) is 19.4 Å². The van der Waals surface area contributed by atoms with Gasteiger partial charge >= 0.3 is 0 Å². The highest BCUT2D eigenvalue weighted by atomic mass is 16.2. The molecule has 1 fully saturated rings. The topological polar surface area (TPSA) is 67.2 Å². The highest BCUT2D eigenvalue weighted by Crippen LogP contribution is 2.29. The third kappa shape index (κ3) is 2.98. The molecular weight excluding hydrogens is 316 g/mol. The number of para-hydroxylation sites is 4. The molecule has 0 bridgehead atoms. The lowest BCUT2D eigenvalue weighted by molar-refractivity contribution is -0.117. The van der Waals surface area contributed by atoms with Crippen LogP contribution in [0, 0.1) is 0 Å². The first-order valence-electron chi connectivity index (χ1n) is 8.31.